The summed E-state index contributed by atoms with van der Waals surface area (Å²) in [4.78, 5) is 4.55. The zero-order valence-electron chi connectivity index (χ0n) is 10.1. The fraction of sp³-hybridized carbons (Fsp3) is 0.308. The Kier molecular flexibility index (Phi) is 1.86. The van der Waals surface area contributed by atoms with Crippen LogP contribution in [0, 0.1) is 6.92 Å². The van der Waals surface area contributed by atoms with E-state index in [0.717, 1.165) is 22.4 Å². The Hall–Kier alpha value is -2.17. The van der Waals surface area contributed by atoms with Gasteiger partial charge < -0.3 is 0 Å². The van der Waals surface area contributed by atoms with Gasteiger partial charge in [-0.05, 0) is 31.9 Å². The second kappa shape index (κ2) is 3.41. The molecule has 4 rings (SSSR count). The first-order valence-corrected chi connectivity index (χ1v) is 6.18. The summed E-state index contributed by atoms with van der Waals surface area (Å²) in [6.45, 7) is 2.07. The Morgan fingerprint density at radius 1 is 1.17 bits per heavy atom. The van der Waals surface area contributed by atoms with Gasteiger partial charge in [0.2, 0.25) is 5.82 Å². The van der Waals surface area contributed by atoms with Gasteiger partial charge in [-0.1, -0.05) is 11.6 Å². The quantitative estimate of drug-likeness (QED) is 0.722. The fourth-order valence-electron chi connectivity index (χ4n) is 2.22. The topological polar surface area (TPSA) is 70.2 Å². The molecule has 5 heteroatoms. The lowest BCUT2D eigenvalue weighted by Gasteiger charge is -1.93. The van der Waals surface area contributed by atoms with Gasteiger partial charge in [0.15, 0.2) is 0 Å². The maximum Gasteiger partial charge on any atom is 0.202 e. The largest absolute Gasteiger partial charge is 0.277 e. The van der Waals surface area contributed by atoms with Crippen molar-refractivity contribution in [1.29, 1.82) is 0 Å². The lowest BCUT2D eigenvalue weighted by atomic mass is 10.1. The van der Waals surface area contributed by atoms with Crippen molar-refractivity contribution in [2.75, 3.05) is 0 Å². The van der Waals surface area contributed by atoms with Crippen molar-refractivity contribution in [2.45, 2.75) is 25.7 Å². The number of benzene rings is 1. The molecule has 0 unspecified atom stereocenters. The minimum absolute atomic E-state index is 0.582. The lowest BCUT2D eigenvalue weighted by molar-refractivity contribution is 0.934. The molecule has 1 fully saturated rings. The number of rotatable bonds is 2. The van der Waals surface area contributed by atoms with Crippen LogP contribution in [0.1, 0.15) is 30.1 Å². The molecule has 1 aliphatic rings. The fourth-order valence-corrected chi connectivity index (χ4v) is 2.22. The number of aromatic nitrogens is 5. The first-order valence-electron chi connectivity index (χ1n) is 6.18. The van der Waals surface area contributed by atoms with Crippen LogP contribution in [0.15, 0.2) is 18.2 Å². The highest BCUT2D eigenvalue weighted by Crippen LogP contribution is 2.38. The molecule has 1 aromatic carbocycles. The van der Waals surface area contributed by atoms with Crippen molar-refractivity contribution in [3.05, 3.63) is 29.6 Å². The summed E-state index contributed by atoms with van der Waals surface area (Å²) in [7, 11) is 0. The molecule has 0 atom stereocenters. The van der Waals surface area contributed by atoms with Crippen LogP contribution in [0.3, 0.4) is 0 Å². The molecule has 2 N–H and O–H groups in total. The van der Waals surface area contributed by atoms with Gasteiger partial charge in [0.1, 0.15) is 11.5 Å². The molecule has 2 heterocycles. The van der Waals surface area contributed by atoms with Crippen LogP contribution in [0.2, 0.25) is 0 Å². The highest BCUT2D eigenvalue weighted by Gasteiger charge is 2.27. The van der Waals surface area contributed by atoms with E-state index in [1.165, 1.54) is 18.4 Å². The van der Waals surface area contributed by atoms with Gasteiger partial charge in [0.05, 0.1) is 5.52 Å². The molecule has 18 heavy (non-hydrogen) atoms. The lowest BCUT2D eigenvalue weighted by Crippen LogP contribution is -1.83. The molecular weight excluding hydrogens is 226 g/mol. The summed E-state index contributed by atoms with van der Waals surface area (Å²) in [5.74, 6) is 2.26. The van der Waals surface area contributed by atoms with E-state index >= 15 is 0 Å². The highest BCUT2D eigenvalue weighted by molar-refractivity contribution is 5.91. The summed E-state index contributed by atoms with van der Waals surface area (Å²) < 4.78 is 0. The summed E-state index contributed by atoms with van der Waals surface area (Å²) >= 11 is 0. The van der Waals surface area contributed by atoms with Crippen LogP contribution in [0.5, 0.6) is 0 Å². The third-order valence-electron chi connectivity index (χ3n) is 3.40. The van der Waals surface area contributed by atoms with E-state index in [9.17, 15) is 0 Å². The van der Waals surface area contributed by atoms with Crippen molar-refractivity contribution >= 4 is 10.9 Å². The van der Waals surface area contributed by atoms with Crippen molar-refractivity contribution in [3.63, 3.8) is 0 Å². The highest BCUT2D eigenvalue weighted by atomic mass is 15.2. The van der Waals surface area contributed by atoms with E-state index in [2.05, 4.69) is 44.4 Å². The normalized spacial score (nSPS) is 15.4. The zero-order chi connectivity index (χ0) is 12.1. The average Bonchev–Trinajstić information content (AvgIpc) is 2.96. The van der Waals surface area contributed by atoms with Gasteiger partial charge in [-0.25, -0.2) is 4.98 Å². The molecule has 90 valence electrons. The van der Waals surface area contributed by atoms with Gasteiger partial charge in [-0.15, -0.1) is 0 Å². The third-order valence-corrected chi connectivity index (χ3v) is 3.40. The molecular formula is C13H13N5. The molecule has 0 radical (unpaired) electrons. The summed E-state index contributed by atoms with van der Waals surface area (Å²) in [6.07, 6.45) is 2.43. The zero-order valence-corrected chi connectivity index (χ0v) is 10.1. The predicted octanol–water partition coefficient (Wildman–Crippen LogP) is 2.53. The Labute approximate surface area is 104 Å². The van der Waals surface area contributed by atoms with Gasteiger partial charge in [-0.3, -0.25) is 10.2 Å². The van der Waals surface area contributed by atoms with E-state index < -0.39 is 0 Å². The molecule has 3 aromatic rings. The van der Waals surface area contributed by atoms with Crippen LogP contribution < -0.4 is 0 Å². The van der Waals surface area contributed by atoms with Crippen LogP contribution >= 0.6 is 0 Å². The molecule has 1 aliphatic carbocycles. The van der Waals surface area contributed by atoms with Gasteiger partial charge in [0, 0.05) is 11.3 Å². The second-order valence-corrected chi connectivity index (χ2v) is 4.94. The number of aromatic amines is 2. The van der Waals surface area contributed by atoms with Gasteiger partial charge >= 0.3 is 0 Å². The van der Waals surface area contributed by atoms with Crippen LogP contribution in [-0.2, 0) is 0 Å². The number of fused-ring (bicyclic) bond motifs is 1. The van der Waals surface area contributed by atoms with Gasteiger partial charge in [-0.2, -0.15) is 10.2 Å². The number of hydrogen-bond acceptors (Lipinski definition) is 3. The van der Waals surface area contributed by atoms with Gasteiger partial charge in [0.25, 0.3) is 0 Å². The average molecular weight is 239 g/mol. The number of aryl methyl sites for hydroxylation is 1. The van der Waals surface area contributed by atoms with E-state index in [1.807, 2.05) is 6.07 Å². The van der Waals surface area contributed by atoms with E-state index in [-0.39, 0.29) is 0 Å². The molecule has 2 aromatic heterocycles. The minimum atomic E-state index is 0.582. The molecule has 0 bridgehead atoms. The Bertz CT molecular complexity index is 720. The Balaban J connectivity index is 1.86. The van der Waals surface area contributed by atoms with Crippen molar-refractivity contribution < 1.29 is 0 Å². The first-order chi connectivity index (χ1) is 8.81. The number of nitrogens with zero attached hydrogens (tertiary/aromatic N) is 3. The maximum atomic E-state index is 4.55. The van der Waals surface area contributed by atoms with E-state index in [1.54, 1.807) is 0 Å². The number of hydrogen-bond donors (Lipinski definition) is 2. The molecule has 5 nitrogen and oxygen atoms in total. The summed E-state index contributed by atoms with van der Waals surface area (Å²) in [6, 6.07) is 6.22. The Morgan fingerprint density at radius 2 is 2.06 bits per heavy atom. The third kappa shape index (κ3) is 1.44. The van der Waals surface area contributed by atoms with Crippen LogP contribution in [0.25, 0.3) is 22.4 Å². The molecule has 0 spiro atoms. The first kappa shape index (κ1) is 9.82. The standard InChI is InChI=1S/C13H13N5/c1-7-2-5-10-9(6-7)11(16-15-10)13-14-12(17-18-13)8-3-4-8/h2,5-6,8H,3-4H2,1H3,(H,15,16)(H,14,17,18). The SMILES string of the molecule is Cc1ccc2[nH]nc(-c3n[nH]c(C4CC4)n3)c2c1. The predicted molar refractivity (Wildman–Crippen MR) is 68.2 cm³/mol. The van der Waals surface area contributed by atoms with E-state index in [4.69, 9.17) is 0 Å². The van der Waals surface area contributed by atoms with E-state index in [0.29, 0.717) is 11.7 Å². The monoisotopic (exact) mass is 239 g/mol. The molecule has 1 saturated carbocycles. The van der Waals surface area contributed by atoms with Crippen LogP contribution in [0.4, 0.5) is 0 Å². The molecule has 0 aliphatic heterocycles. The summed E-state index contributed by atoms with van der Waals surface area (Å²) in [5.41, 5.74) is 3.06. The number of H-pyrrole nitrogens is 2. The Morgan fingerprint density at radius 3 is 2.89 bits per heavy atom. The molecule has 0 saturated heterocycles. The smallest absolute Gasteiger partial charge is 0.202 e. The maximum absolute atomic E-state index is 4.55. The van der Waals surface area contributed by atoms with Crippen molar-refractivity contribution in [3.8, 4) is 11.5 Å². The minimum Gasteiger partial charge on any atom is -0.277 e. The van der Waals surface area contributed by atoms with Crippen molar-refractivity contribution in [1.82, 2.24) is 25.4 Å². The number of nitrogens with one attached hydrogen (secondary N) is 2. The second-order valence-electron chi connectivity index (χ2n) is 4.94. The molecule has 0 amide bonds. The van der Waals surface area contributed by atoms with Crippen LogP contribution in [-0.4, -0.2) is 25.4 Å². The summed E-state index contributed by atoms with van der Waals surface area (Å²) in [5, 5.41) is 15.7. The van der Waals surface area contributed by atoms with Crippen molar-refractivity contribution in [2.24, 2.45) is 0 Å².